The summed E-state index contributed by atoms with van der Waals surface area (Å²) >= 11 is 0. The van der Waals surface area contributed by atoms with Gasteiger partial charge in [0.2, 0.25) is 0 Å². The Hall–Kier alpha value is 0.350. The predicted octanol–water partition coefficient (Wildman–Crippen LogP) is 4.79. The third kappa shape index (κ3) is 10.6. The fourth-order valence-electron chi connectivity index (χ4n) is 1.77. The van der Waals surface area contributed by atoms with E-state index < -0.39 is 0 Å². The molecule has 0 bridgehead atoms. The maximum atomic E-state index is 2.32. The molecule has 92 valence electrons. The first kappa shape index (κ1) is 15.3. The topological polar surface area (TPSA) is 0 Å². The monoisotopic (exact) mass is 231 g/mol. The summed E-state index contributed by atoms with van der Waals surface area (Å²) in [5, 5.41) is 0. The normalized spacial score (nSPS) is 11.2. The molecule has 0 atom stereocenters. The van der Waals surface area contributed by atoms with Crippen molar-refractivity contribution in [3.63, 3.8) is 0 Å². The zero-order valence-corrected chi connectivity index (χ0v) is 12.0. The van der Waals surface area contributed by atoms with Crippen LogP contribution in [0.25, 0.3) is 0 Å². The van der Waals surface area contributed by atoms with Gasteiger partial charge in [0.25, 0.3) is 0 Å². The molecule has 0 aromatic rings. The molecule has 0 rings (SSSR count). The molecule has 0 aliphatic carbocycles. The molecule has 0 aromatic heterocycles. The average molecular weight is 231 g/mol. The van der Waals surface area contributed by atoms with E-state index in [2.05, 4.69) is 20.8 Å². The van der Waals surface area contributed by atoms with Gasteiger partial charge in [-0.15, -0.1) is 0 Å². The first-order valence-corrected chi connectivity index (χ1v) is 8.72. The van der Waals surface area contributed by atoms with E-state index in [1.54, 1.807) is 0 Å². The molecule has 0 amide bonds. The Bertz CT molecular complexity index is 102. The van der Waals surface area contributed by atoms with E-state index in [1.807, 2.05) is 0 Å². The standard InChI is InChI=1S/C14H31S/c1-4-7-10-13-15(12-9-6-3)14-11-8-5-2/h4-14H2,1-3H3/q+1. The van der Waals surface area contributed by atoms with E-state index >= 15 is 0 Å². The van der Waals surface area contributed by atoms with Crippen molar-refractivity contribution < 1.29 is 0 Å². The van der Waals surface area contributed by atoms with Crippen LogP contribution in [0.5, 0.6) is 0 Å². The summed E-state index contributed by atoms with van der Waals surface area (Å²) < 4.78 is 0. The van der Waals surface area contributed by atoms with Crippen LogP contribution in [0.4, 0.5) is 0 Å². The highest BCUT2D eigenvalue weighted by atomic mass is 32.2. The predicted molar refractivity (Wildman–Crippen MR) is 75.9 cm³/mol. The maximum Gasteiger partial charge on any atom is 0.108 e. The van der Waals surface area contributed by atoms with Gasteiger partial charge in [-0.25, -0.2) is 0 Å². The van der Waals surface area contributed by atoms with Gasteiger partial charge in [-0.1, -0.05) is 40.0 Å². The number of unbranched alkanes of at least 4 members (excludes halogenated alkanes) is 5. The molecule has 1 heteroatoms. The van der Waals surface area contributed by atoms with Gasteiger partial charge in [0.15, 0.2) is 0 Å². The zero-order valence-electron chi connectivity index (χ0n) is 11.2. The average Bonchev–Trinajstić information content (AvgIpc) is 2.25. The first-order valence-electron chi connectivity index (χ1n) is 6.99. The summed E-state index contributed by atoms with van der Waals surface area (Å²) in [6, 6.07) is 0. The number of hydrogen-bond acceptors (Lipinski definition) is 0. The summed E-state index contributed by atoms with van der Waals surface area (Å²) in [5.41, 5.74) is 0. The van der Waals surface area contributed by atoms with Crippen LogP contribution in [0.2, 0.25) is 0 Å². The van der Waals surface area contributed by atoms with Crippen molar-refractivity contribution >= 4 is 10.9 Å². The largest absolute Gasteiger partial charge is 0.108 e. The summed E-state index contributed by atoms with van der Waals surface area (Å²) in [7, 11) is 0.773. The molecule has 0 aliphatic rings. The molecule has 0 fully saturated rings. The van der Waals surface area contributed by atoms with Crippen molar-refractivity contribution in [2.75, 3.05) is 17.3 Å². The lowest BCUT2D eigenvalue weighted by Crippen LogP contribution is -2.16. The Labute approximate surface area is 101 Å². The Morgan fingerprint density at radius 1 is 0.533 bits per heavy atom. The molecule has 0 unspecified atom stereocenters. The van der Waals surface area contributed by atoms with Gasteiger partial charge in [0.1, 0.15) is 17.3 Å². The summed E-state index contributed by atoms with van der Waals surface area (Å²) in [5.74, 6) is 4.57. The van der Waals surface area contributed by atoms with Crippen LogP contribution in [0.3, 0.4) is 0 Å². The highest BCUT2D eigenvalue weighted by molar-refractivity contribution is 7.96. The molecule has 0 spiro atoms. The van der Waals surface area contributed by atoms with Gasteiger partial charge < -0.3 is 0 Å². The molecule has 0 aromatic carbocycles. The second-order valence-corrected chi connectivity index (χ2v) is 6.94. The van der Waals surface area contributed by atoms with Crippen molar-refractivity contribution in [1.29, 1.82) is 0 Å². The molecule has 0 saturated carbocycles. The first-order chi connectivity index (χ1) is 7.35. The maximum absolute atomic E-state index is 2.32. The summed E-state index contributed by atoms with van der Waals surface area (Å²) in [6.07, 6.45) is 11.4. The van der Waals surface area contributed by atoms with Gasteiger partial charge >= 0.3 is 0 Å². The highest BCUT2D eigenvalue weighted by Crippen LogP contribution is 2.10. The Balaban J connectivity index is 3.53. The second-order valence-electron chi connectivity index (χ2n) is 4.49. The third-order valence-electron chi connectivity index (χ3n) is 2.86. The van der Waals surface area contributed by atoms with Crippen LogP contribution >= 0.6 is 0 Å². The van der Waals surface area contributed by atoms with Gasteiger partial charge in [0.05, 0.1) is 0 Å². The van der Waals surface area contributed by atoms with Crippen LogP contribution < -0.4 is 0 Å². The molecule has 0 radical (unpaired) electrons. The minimum absolute atomic E-state index is 0.773. The summed E-state index contributed by atoms with van der Waals surface area (Å²) in [4.78, 5) is 0. The molecule has 0 N–H and O–H groups in total. The lowest BCUT2D eigenvalue weighted by Gasteiger charge is -2.08. The number of rotatable bonds is 11. The summed E-state index contributed by atoms with van der Waals surface area (Å²) in [6.45, 7) is 6.93. The minimum atomic E-state index is 0.773. The second kappa shape index (κ2) is 12.4. The lowest BCUT2D eigenvalue weighted by molar-refractivity contribution is 0.761. The van der Waals surface area contributed by atoms with Crippen LogP contribution in [-0.2, 0) is 10.9 Å². The van der Waals surface area contributed by atoms with Crippen molar-refractivity contribution in [1.82, 2.24) is 0 Å². The van der Waals surface area contributed by atoms with Gasteiger partial charge in [-0.3, -0.25) is 0 Å². The van der Waals surface area contributed by atoms with E-state index in [1.165, 1.54) is 68.6 Å². The van der Waals surface area contributed by atoms with Crippen LogP contribution in [0, 0.1) is 0 Å². The van der Waals surface area contributed by atoms with Crippen molar-refractivity contribution in [2.24, 2.45) is 0 Å². The van der Waals surface area contributed by atoms with Crippen molar-refractivity contribution in [2.45, 2.75) is 72.1 Å². The molecule has 15 heavy (non-hydrogen) atoms. The molecule has 0 saturated heterocycles. The number of hydrogen-bond donors (Lipinski definition) is 0. The van der Waals surface area contributed by atoms with E-state index in [0.717, 1.165) is 10.9 Å². The van der Waals surface area contributed by atoms with Crippen LogP contribution in [0.1, 0.15) is 72.1 Å². The van der Waals surface area contributed by atoms with Gasteiger partial charge in [0, 0.05) is 0 Å². The van der Waals surface area contributed by atoms with Gasteiger partial charge in [-0.05, 0) is 43.0 Å². The quantitative estimate of drug-likeness (QED) is 0.354. The minimum Gasteiger partial charge on any atom is -0.0654 e. The third-order valence-corrected chi connectivity index (χ3v) is 5.46. The van der Waals surface area contributed by atoms with Crippen LogP contribution in [0.15, 0.2) is 0 Å². The smallest absolute Gasteiger partial charge is 0.0654 e. The van der Waals surface area contributed by atoms with Crippen molar-refractivity contribution in [3.8, 4) is 0 Å². The fraction of sp³-hybridized carbons (Fsp3) is 1.00. The van der Waals surface area contributed by atoms with Crippen molar-refractivity contribution in [3.05, 3.63) is 0 Å². The molecular weight excluding hydrogens is 200 g/mol. The fourth-order valence-corrected chi connectivity index (χ4v) is 4.30. The van der Waals surface area contributed by atoms with E-state index in [0.29, 0.717) is 0 Å². The molecule has 0 aliphatic heterocycles. The zero-order chi connectivity index (χ0) is 11.4. The van der Waals surface area contributed by atoms with E-state index in [-0.39, 0.29) is 0 Å². The highest BCUT2D eigenvalue weighted by Gasteiger charge is 2.15. The van der Waals surface area contributed by atoms with E-state index in [9.17, 15) is 0 Å². The Morgan fingerprint density at radius 3 is 1.33 bits per heavy atom. The SMILES string of the molecule is CCCCC[S+](CCCC)CCCCC. The molecule has 0 nitrogen and oxygen atoms in total. The van der Waals surface area contributed by atoms with Gasteiger partial charge in [-0.2, -0.15) is 0 Å². The lowest BCUT2D eigenvalue weighted by atomic mass is 10.3. The van der Waals surface area contributed by atoms with E-state index in [4.69, 9.17) is 0 Å². The van der Waals surface area contributed by atoms with Crippen LogP contribution in [-0.4, -0.2) is 17.3 Å². The Kier molecular flexibility index (Phi) is 12.7. The molecule has 0 heterocycles. The molecular formula is C14H31S+. The Morgan fingerprint density at radius 2 is 0.933 bits per heavy atom.